The maximum atomic E-state index is 5.62. The zero-order chi connectivity index (χ0) is 12.4. The highest BCUT2D eigenvalue weighted by Crippen LogP contribution is 2.30. The van der Waals surface area contributed by atoms with Crippen molar-refractivity contribution in [2.75, 3.05) is 0 Å². The SMILES string of the molecule is CCC(Br)c1nnc(-c2cc(Br)cc(Br)c2)o1. The molecule has 17 heavy (non-hydrogen) atoms. The quantitative estimate of drug-likeness (QED) is 0.643. The van der Waals surface area contributed by atoms with Crippen LogP contribution in [0.1, 0.15) is 24.1 Å². The predicted octanol–water partition coefficient (Wildman–Crippen LogP) is 5.11. The summed E-state index contributed by atoms with van der Waals surface area (Å²) in [5.41, 5.74) is 0.890. The molecule has 0 saturated heterocycles. The van der Waals surface area contributed by atoms with Gasteiger partial charge in [0.05, 0.1) is 4.83 Å². The first-order valence-corrected chi connectivity index (χ1v) is 7.54. The molecule has 1 unspecified atom stereocenters. The molecule has 0 saturated carbocycles. The van der Waals surface area contributed by atoms with Crippen LogP contribution in [0.4, 0.5) is 0 Å². The number of benzene rings is 1. The minimum absolute atomic E-state index is 0.111. The van der Waals surface area contributed by atoms with Crippen LogP contribution in [0.3, 0.4) is 0 Å². The Morgan fingerprint density at radius 1 is 1.18 bits per heavy atom. The van der Waals surface area contributed by atoms with Crippen molar-refractivity contribution in [1.29, 1.82) is 0 Å². The van der Waals surface area contributed by atoms with Crippen LogP contribution in [0, 0.1) is 0 Å². The molecule has 0 fully saturated rings. The van der Waals surface area contributed by atoms with Crippen LogP contribution in [-0.2, 0) is 0 Å². The van der Waals surface area contributed by atoms with Crippen molar-refractivity contribution >= 4 is 47.8 Å². The number of alkyl halides is 1. The summed E-state index contributed by atoms with van der Waals surface area (Å²) in [6.45, 7) is 2.05. The maximum Gasteiger partial charge on any atom is 0.247 e. The Hall–Kier alpha value is -0.200. The van der Waals surface area contributed by atoms with Crippen LogP contribution in [0.15, 0.2) is 31.6 Å². The van der Waals surface area contributed by atoms with Gasteiger partial charge < -0.3 is 4.42 Å². The molecule has 0 aliphatic rings. The molecule has 1 aromatic carbocycles. The Morgan fingerprint density at radius 3 is 2.41 bits per heavy atom. The van der Waals surface area contributed by atoms with E-state index in [1.807, 2.05) is 18.2 Å². The van der Waals surface area contributed by atoms with Crippen molar-refractivity contribution in [2.45, 2.75) is 18.2 Å². The second-order valence-corrected chi connectivity index (χ2v) is 6.42. The maximum absolute atomic E-state index is 5.62. The lowest BCUT2D eigenvalue weighted by molar-refractivity contribution is 0.500. The largest absolute Gasteiger partial charge is 0.419 e. The average molecular weight is 425 g/mol. The third-order valence-corrected chi connectivity index (χ3v) is 4.13. The smallest absolute Gasteiger partial charge is 0.247 e. The fraction of sp³-hybridized carbons (Fsp3) is 0.273. The van der Waals surface area contributed by atoms with Crippen molar-refractivity contribution in [1.82, 2.24) is 10.2 Å². The van der Waals surface area contributed by atoms with Gasteiger partial charge in [-0.3, -0.25) is 0 Å². The van der Waals surface area contributed by atoms with E-state index in [1.165, 1.54) is 0 Å². The summed E-state index contributed by atoms with van der Waals surface area (Å²) in [6, 6.07) is 5.84. The molecule has 1 aromatic heterocycles. The molecular formula is C11H9Br3N2O. The van der Waals surface area contributed by atoms with E-state index in [-0.39, 0.29) is 4.83 Å². The first kappa shape index (κ1) is 13.2. The van der Waals surface area contributed by atoms with Gasteiger partial charge in [-0.2, -0.15) is 0 Å². The topological polar surface area (TPSA) is 38.9 Å². The summed E-state index contributed by atoms with van der Waals surface area (Å²) < 4.78 is 7.55. The van der Waals surface area contributed by atoms with E-state index in [1.54, 1.807) is 0 Å². The summed E-state index contributed by atoms with van der Waals surface area (Å²) in [6.07, 6.45) is 0.907. The van der Waals surface area contributed by atoms with Gasteiger partial charge in [0.2, 0.25) is 11.8 Å². The van der Waals surface area contributed by atoms with E-state index < -0.39 is 0 Å². The van der Waals surface area contributed by atoms with Gasteiger partial charge in [-0.05, 0) is 24.6 Å². The van der Waals surface area contributed by atoms with Gasteiger partial charge in [-0.25, -0.2) is 0 Å². The lowest BCUT2D eigenvalue weighted by Crippen LogP contribution is -1.86. The van der Waals surface area contributed by atoms with Crippen LogP contribution < -0.4 is 0 Å². The Balaban J connectivity index is 2.36. The van der Waals surface area contributed by atoms with E-state index in [0.717, 1.165) is 20.9 Å². The summed E-state index contributed by atoms with van der Waals surface area (Å²) in [5.74, 6) is 1.14. The predicted molar refractivity (Wildman–Crippen MR) is 77.1 cm³/mol. The first-order chi connectivity index (χ1) is 8.10. The standard InChI is InChI=1S/C11H9Br3N2O/c1-2-9(14)11-16-15-10(17-11)6-3-7(12)5-8(13)4-6/h3-5,9H,2H2,1H3. The van der Waals surface area contributed by atoms with E-state index in [9.17, 15) is 0 Å². The molecule has 2 aromatic rings. The van der Waals surface area contributed by atoms with E-state index in [2.05, 4.69) is 64.9 Å². The zero-order valence-corrected chi connectivity index (χ0v) is 13.7. The summed E-state index contributed by atoms with van der Waals surface area (Å²) >= 11 is 10.3. The summed E-state index contributed by atoms with van der Waals surface area (Å²) in [4.78, 5) is 0.111. The Labute approximate surface area is 124 Å². The van der Waals surface area contributed by atoms with Crippen LogP contribution >= 0.6 is 47.8 Å². The Bertz CT molecular complexity index is 507. The number of nitrogens with zero attached hydrogens (tertiary/aromatic N) is 2. The summed E-state index contributed by atoms with van der Waals surface area (Å²) in [7, 11) is 0. The fourth-order valence-corrected chi connectivity index (χ4v) is 2.81. The molecule has 0 amide bonds. The third-order valence-electron chi connectivity index (χ3n) is 2.18. The molecular weight excluding hydrogens is 416 g/mol. The van der Waals surface area contributed by atoms with Crippen molar-refractivity contribution < 1.29 is 4.42 Å². The summed E-state index contributed by atoms with van der Waals surface area (Å²) in [5, 5.41) is 8.08. The van der Waals surface area contributed by atoms with Crippen molar-refractivity contribution in [3.05, 3.63) is 33.0 Å². The Morgan fingerprint density at radius 2 is 1.82 bits per heavy atom. The Kier molecular flexibility index (Phi) is 4.38. The van der Waals surface area contributed by atoms with Crippen molar-refractivity contribution in [2.24, 2.45) is 0 Å². The molecule has 90 valence electrons. The molecule has 1 atom stereocenters. The van der Waals surface area contributed by atoms with Crippen LogP contribution in [0.5, 0.6) is 0 Å². The fourth-order valence-electron chi connectivity index (χ4n) is 1.33. The number of halogens is 3. The van der Waals surface area contributed by atoms with E-state index >= 15 is 0 Å². The first-order valence-electron chi connectivity index (χ1n) is 5.04. The van der Waals surface area contributed by atoms with Crippen LogP contribution in [0.2, 0.25) is 0 Å². The molecule has 0 aliphatic heterocycles. The number of hydrogen-bond donors (Lipinski definition) is 0. The van der Waals surface area contributed by atoms with Gasteiger partial charge in [0.15, 0.2) is 0 Å². The van der Waals surface area contributed by atoms with E-state index in [4.69, 9.17) is 4.42 Å². The highest BCUT2D eigenvalue weighted by atomic mass is 79.9. The lowest BCUT2D eigenvalue weighted by Gasteiger charge is -1.99. The molecule has 1 heterocycles. The molecule has 6 heteroatoms. The normalized spacial score (nSPS) is 12.7. The van der Waals surface area contributed by atoms with Crippen LogP contribution in [0.25, 0.3) is 11.5 Å². The second kappa shape index (κ2) is 5.63. The zero-order valence-electron chi connectivity index (χ0n) is 8.95. The number of aromatic nitrogens is 2. The molecule has 0 radical (unpaired) electrons. The minimum Gasteiger partial charge on any atom is -0.419 e. The van der Waals surface area contributed by atoms with Gasteiger partial charge in [0.25, 0.3) is 0 Å². The van der Waals surface area contributed by atoms with Gasteiger partial charge in [0, 0.05) is 14.5 Å². The highest BCUT2D eigenvalue weighted by Gasteiger charge is 2.15. The van der Waals surface area contributed by atoms with Gasteiger partial charge >= 0.3 is 0 Å². The monoisotopic (exact) mass is 422 g/mol. The van der Waals surface area contributed by atoms with Gasteiger partial charge in [-0.1, -0.05) is 54.7 Å². The molecule has 0 aliphatic carbocycles. The molecule has 3 nitrogen and oxygen atoms in total. The highest BCUT2D eigenvalue weighted by molar-refractivity contribution is 9.11. The molecule has 0 spiro atoms. The third kappa shape index (κ3) is 3.17. The minimum atomic E-state index is 0.111. The van der Waals surface area contributed by atoms with Crippen molar-refractivity contribution in [3.63, 3.8) is 0 Å². The van der Waals surface area contributed by atoms with Gasteiger partial charge in [-0.15, -0.1) is 10.2 Å². The number of rotatable bonds is 3. The van der Waals surface area contributed by atoms with Crippen LogP contribution in [-0.4, -0.2) is 10.2 Å². The molecule has 0 bridgehead atoms. The van der Waals surface area contributed by atoms with Gasteiger partial charge in [0.1, 0.15) is 0 Å². The average Bonchev–Trinajstić information content (AvgIpc) is 2.76. The molecule has 2 rings (SSSR count). The van der Waals surface area contributed by atoms with Crippen molar-refractivity contribution in [3.8, 4) is 11.5 Å². The number of hydrogen-bond acceptors (Lipinski definition) is 3. The van der Waals surface area contributed by atoms with E-state index in [0.29, 0.717) is 11.8 Å². The molecule has 0 N–H and O–H groups in total. The lowest BCUT2D eigenvalue weighted by atomic mass is 10.2. The second-order valence-electron chi connectivity index (χ2n) is 3.48.